The van der Waals surface area contributed by atoms with Gasteiger partial charge in [0.2, 0.25) is 11.8 Å². The van der Waals surface area contributed by atoms with Crippen LogP contribution in [0.4, 0.5) is 5.69 Å². The van der Waals surface area contributed by atoms with E-state index in [0.29, 0.717) is 24.2 Å². The van der Waals surface area contributed by atoms with Crippen molar-refractivity contribution in [3.8, 4) is 6.07 Å². The highest BCUT2D eigenvalue weighted by molar-refractivity contribution is 6.62. The number of hydrogen-bond acceptors (Lipinski definition) is 3. The zero-order valence-electron chi connectivity index (χ0n) is 12.8. The first-order valence-corrected chi connectivity index (χ1v) is 8.50. The van der Waals surface area contributed by atoms with Crippen LogP contribution in [0.15, 0.2) is 24.3 Å². The molecular weight excluding hydrogens is 373 g/mol. The second-order valence-corrected chi connectivity index (χ2v) is 8.18. The molecule has 0 spiro atoms. The van der Waals surface area contributed by atoms with Gasteiger partial charge in [0.05, 0.1) is 11.6 Å². The molecule has 126 valence electrons. The van der Waals surface area contributed by atoms with E-state index >= 15 is 0 Å². The molecule has 2 unspecified atom stereocenters. The van der Waals surface area contributed by atoms with Crippen molar-refractivity contribution in [3.05, 3.63) is 29.8 Å². The lowest BCUT2D eigenvalue weighted by Gasteiger charge is -2.26. The highest BCUT2D eigenvalue weighted by Crippen LogP contribution is 2.62. The van der Waals surface area contributed by atoms with Crippen molar-refractivity contribution in [1.82, 2.24) is 4.90 Å². The maximum Gasteiger partial charge on any atom is 0.249 e. The van der Waals surface area contributed by atoms with Crippen molar-refractivity contribution in [2.75, 3.05) is 18.5 Å². The number of amides is 2. The minimum Gasteiger partial charge on any atom is -0.332 e. The number of hydrogen-bond donors (Lipinski definition) is 0. The van der Waals surface area contributed by atoms with Crippen LogP contribution in [0.5, 0.6) is 0 Å². The first kappa shape index (κ1) is 17.3. The molecule has 1 saturated carbocycles. The Bertz CT molecular complexity index is 761. The summed E-state index contributed by atoms with van der Waals surface area (Å²) in [4.78, 5) is 26.8. The Morgan fingerprint density at radius 3 is 2.67 bits per heavy atom. The maximum absolute atomic E-state index is 12.7. The van der Waals surface area contributed by atoms with Crippen molar-refractivity contribution in [2.45, 2.75) is 28.1 Å². The van der Waals surface area contributed by atoms with Crippen molar-refractivity contribution >= 4 is 52.3 Å². The average Bonchev–Trinajstić information content (AvgIpc) is 2.89. The summed E-state index contributed by atoms with van der Waals surface area (Å²) in [5, 5.41) is 8.98. The molecule has 1 aromatic rings. The molecule has 1 aromatic carbocycles. The van der Waals surface area contributed by atoms with Crippen LogP contribution in [-0.4, -0.2) is 45.6 Å². The van der Waals surface area contributed by atoms with E-state index in [2.05, 4.69) is 0 Å². The lowest BCUT2D eigenvalue weighted by molar-refractivity contribution is -0.137. The zero-order chi connectivity index (χ0) is 17.7. The molecule has 0 N–H and O–H groups in total. The topological polar surface area (TPSA) is 64.4 Å². The van der Waals surface area contributed by atoms with E-state index in [1.807, 2.05) is 6.07 Å². The number of halogens is 3. The second kappa shape index (κ2) is 5.80. The lowest BCUT2D eigenvalue weighted by atomic mass is 10.2. The van der Waals surface area contributed by atoms with Gasteiger partial charge in [-0.2, -0.15) is 5.26 Å². The normalized spacial score (nSPS) is 27.7. The van der Waals surface area contributed by atoms with Gasteiger partial charge in [0.1, 0.15) is 10.4 Å². The molecule has 8 heteroatoms. The molecule has 1 heterocycles. The van der Waals surface area contributed by atoms with Crippen LogP contribution in [0.1, 0.15) is 18.4 Å². The standard InChI is InChI=1S/C16H14Cl3N3O2/c1-21(14(24)15(17)9-16(15,18)19)12-5-6-22(13(12)23)11-4-2-3-10(7-11)8-20/h2-4,7,12H,5-6,9H2,1H3. The van der Waals surface area contributed by atoms with E-state index in [1.165, 1.54) is 11.9 Å². The first-order chi connectivity index (χ1) is 11.2. The molecule has 1 aliphatic carbocycles. The Balaban J connectivity index is 1.77. The van der Waals surface area contributed by atoms with Gasteiger partial charge in [-0.1, -0.05) is 29.3 Å². The van der Waals surface area contributed by atoms with Crippen molar-refractivity contribution in [2.24, 2.45) is 0 Å². The largest absolute Gasteiger partial charge is 0.332 e. The van der Waals surface area contributed by atoms with E-state index in [0.717, 1.165) is 0 Å². The number of carbonyl (C=O) groups excluding carboxylic acids is 2. The van der Waals surface area contributed by atoms with Crippen LogP contribution in [0.25, 0.3) is 0 Å². The first-order valence-electron chi connectivity index (χ1n) is 7.37. The van der Waals surface area contributed by atoms with Crippen LogP contribution in [0, 0.1) is 11.3 Å². The Morgan fingerprint density at radius 2 is 2.08 bits per heavy atom. The summed E-state index contributed by atoms with van der Waals surface area (Å²) in [6.45, 7) is 0.457. The Labute approximate surface area is 154 Å². The number of nitriles is 1. The molecule has 3 rings (SSSR count). The zero-order valence-corrected chi connectivity index (χ0v) is 15.1. The van der Waals surface area contributed by atoms with Gasteiger partial charge in [-0.05, 0) is 24.6 Å². The summed E-state index contributed by atoms with van der Waals surface area (Å²) in [5.74, 6) is -0.656. The van der Waals surface area contributed by atoms with E-state index in [1.54, 1.807) is 29.2 Å². The molecule has 1 aliphatic heterocycles. The summed E-state index contributed by atoms with van der Waals surface area (Å²) in [6.07, 6.45) is 0.630. The van der Waals surface area contributed by atoms with Crippen molar-refractivity contribution in [1.29, 1.82) is 5.26 Å². The molecule has 5 nitrogen and oxygen atoms in total. The van der Waals surface area contributed by atoms with Gasteiger partial charge in [-0.25, -0.2) is 0 Å². The third-order valence-corrected chi connectivity index (χ3v) is 6.24. The van der Waals surface area contributed by atoms with Gasteiger partial charge in [0, 0.05) is 25.7 Å². The monoisotopic (exact) mass is 385 g/mol. The number of nitrogens with zero attached hydrogens (tertiary/aromatic N) is 3. The number of benzene rings is 1. The quantitative estimate of drug-likeness (QED) is 0.750. The molecule has 2 aliphatic rings. The number of rotatable bonds is 3. The fourth-order valence-electron chi connectivity index (χ4n) is 2.94. The molecule has 2 amide bonds. The number of carbonyl (C=O) groups is 2. The van der Waals surface area contributed by atoms with Gasteiger partial charge in [-0.3, -0.25) is 9.59 Å². The SMILES string of the molecule is CN(C(=O)C1(Cl)CC1(Cl)Cl)C1CCN(c2cccc(C#N)c2)C1=O. The van der Waals surface area contributed by atoms with Gasteiger partial charge in [-0.15, -0.1) is 11.6 Å². The number of likely N-dealkylation sites (N-methyl/N-ethyl adjacent to an activating group) is 1. The van der Waals surface area contributed by atoms with Crippen LogP contribution in [0.3, 0.4) is 0 Å². The van der Waals surface area contributed by atoms with Gasteiger partial charge in [0.25, 0.3) is 0 Å². The van der Waals surface area contributed by atoms with Gasteiger partial charge in [0.15, 0.2) is 4.87 Å². The molecule has 0 aromatic heterocycles. The van der Waals surface area contributed by atoms with Gasteiger partial charge >= 0.3 is 0 Å². The van der Waals surface area contributed by atoms with Crippen LogP contribution in [0.2, 0.25) is 0 Å². The molecule has 1 saturated heterocycles. The molecule has 0 bridgehead atoms. The summed E-state index contributed by atoms with van der Waals surface area (Å²) < 4.78 is -1.29. The van der Waals surface area contributed by atoms with Crippen LogP contribution >= 0.6 is 34.8 Å². The Morgan fingerprint density at radius 1 is 1.42 bits per heavy atom. The molecule has 0 radical (unpaired) electrons. The van der Waals surface area contributed by atoms with E-state index in [9.17, 15) is 9.59 Å². The molecule has 24 heavy (non-hydrogen) atoms. The second-order valence-electron chi connectivity index (χ2n) is 6.05. The van der Waals surface area contributed by atoms with Crippen LogP contribution < -0.4 is 4.90 Å². The van der Waals surface area contributed by atoms with E-state index < -0.39 is 21.2 Å². The summed E-state index contributed by atoms with van der Waals surface area (Å²) >= 11 is 18.1. The van der Waals surface area contributed by atoms with E-state index in [4.69, 9.17) is 40.1 Å². The summed E-state index contributed by atoms with van der Waals surface area (Å²) in [6, 6.07) is 8.22. The predicted molar refractivity (Wildman–Crippen MR) is 92.3 cm³/mol. The molecule has 2 fully saturated rings. The fraction of sp³-hybridized carbons (Fsp3) is 0.438. The minimum absolute atomic E-state index is 0.155. The predicted octanol–water partition coefficient (Wildman–Crippen LogP) is 2.68. The highest BCUT2D eigenvalue weighted by Gasteiger charge is 2.72. The Hall–Kier alpha value is -1.48. The molecule has 2 atom stereocenters. The number of anilines is 1. The smallest absolute Gasteiger partial charge is 0.249 e. The summed E-state index contributed by atoms with van der Waals surface area (Å²) in [5.41, 5.74) is 1.11. The average molecular weight is 387 g/mol. The molecular formula is C16H14Cl3N3O2. The number of alkyl halides is 3. The minimum atomic E-state index is -1.36. The van der Waals surface area contributed by atoms with Crippen LogP contribution in [-0.2, 0) is 9.59 Å². The fourth-order valence-corrected chi connectivity index (χ4v) is 3.97. The highest BCUT2D eigenvalue weighted by atomic mass is 35.5. The third kappa shape index (κ3) is 2.63. The lowest BCUT2D eigenvalue weighted by Crippen LogP contribution is -2.47. The third-order valence-electron chi connectivity index (χ3n) is 4.51. The maximum atomic E-state index is 12.7. The van der Waals surface area contributed by atoms with Gasteiger partial charge < -0.3 is 9.80 Å². The Kier molecular flexibility index (Phi) is 4.19. The summed E-state index contributed by atoms with van der Waals surface area (Å²) in [7, 11) is 1.53. The van der Waals surface area contributed by atoms with E-state index in [-0.39, 0.29) is 12.3 Å². The van der Waals surface area contributed by atoms with Crippen molar-refractivity contribution in [3.63, 3.8) is 0 Å². The van der Waals surface area contributed by atoms with Crippen molar-refractivity contribution < 1.29 is 9.59 Å².